The summed E-state index contributed by atoms with van der Waals surface area (Å²) in [6, 6.07) is 7.96. The van der Waals surface area contributed by atoms with Gasteiger partial charge < -0.3 is 15.7 Å². The molecule has 2 heterocycles. The van der Waals surface area contributed by atoms with Gasteiger partial charge in [0.2, 0.25) is 5.91 Å². The average molecular weight is 419 g/mol. The van der Waals surface area contributed by atoms with Crippen molar-refractivity contribution in [2.75, 3.05) is 6.54 Å². The maximum absolute atomic E-state index is 12.8. The molecule has 2 aliphatic rings. The molecule has 0 spiro atoms. The van der Waals surface area contributed by atoms with Gasteiger partial charge in [0.15, 0.2) is 0 Å². The van der Waals surface area contributed by atoms with Crippen molar-refractivity contribution in [2.24, 2.45) is 16.1 Å². The highest BCUT2D eigenvalue weighted by molar-refractivity contribution is 8.12. The number of hydrogen-bond acceptors (Lipinski definition) is 6. The number of amides is 1. The Balaban J connectivity index is 1.55. The predicted octanol–water partition coefficient (Wildman–Crippen LogP) is 2.66. The van der Waals surface area contributed by atoms with E-state index >= 15 is 0 Å². The van der Waals surface area contributed by atoms with Crippen molar-refractivity contribution in [2.45, 2.75) is 76.7 Å². The Morgan fingerprint density at radius 1 is 1.38 bits per heavy atom. The summed E-state index contributed by atoms with van der Waals surface area (Å²) in [6.45, 7) is 9.24. The monoisotopic (exact) mass is 418 g/mol. The topological polar surface area (TPSA) is 91.0 Å². The van der Waals surface area contributed by atoms with Crippen LogP contribution in [0.5, 0.6) is 0 Å². The normalized spacial score (nSPS) is 26.7. The van der Waals surface area contributed by atoms with E-state index in [2.05, 4.69) is 41.5 Å². The minimum Gasteiger partial charge on any atom is -0.376 e. The fourth-order valence-corrected chi connectivity index (χ4v) is 4.88. The number of nitrogens with one attached hydrogen (secondary N) is 1. The van der Waals surface area contributed by atoms with E-state index in [1.165, 1.54) is 5.56 Å². The summed E-state index contributed by atoms with van der Waals surface area (Å²) in [4.78, 5) is 19.0. The molecule has 0 radical (unpaired) electrons. The van der Waals surface area contributed by atoms with Crippen molar-refractivity contribution >= 4 is 23.2 Å². The number of aliphatic imine (C=N–C) groups is 1. The number of thioether (sulfide) groups is 1. The molecule has 3 unspecified atom stereocenters. The highest BCUT2D eigenvalue weighted by Gasteiger charge is 2.39. The van der Waals surface area contributed by atoms with E-state index in [1.807, 2.05) is 26.3 Å². The van der Waals surface area contributed by atoms with Gasteiger partial charge in [0.05, 0.1) is 28.9 Å². The zero-order valence-corrected chi connectivity index (χ0v) is 18.7. The molecule has 6 nitrogen and oxygen atoms in total. The molecule has 1 saturated heterocycles. The van der Waals surface area contributed by atoms with Crippen LogP contribution in [0.4, 0.5) is 0 Å². The third kappa shape index (κ3) is 5.20. The summed E-state index contributed by atoms with van der Waals surface area (Å²) in [5.74, 6) is -0.0735. The van der Waals surface area contributed by atoms with Crippen LogP contribution in [0.2, 0.25) is 0 Å². The minimum absolute atomic E-state index is 0.0735. The number of aliphatic hydroxyl groups is 1. The molecule has 1 aromatic rings. The maximum Gasteiger partial charge on any atom is 0.240 e. The SMILES string of the molecule is CC1N=CSC1c1ccc(CNC(O)[C@@H]2CCCN2C(=O)[C@@H](N)C(C)(C)C)cc1. The largest absolute Gasteiger partial charge is 0.376 e. The van der Waals surface area contributed by atoms with Crippen molar-refractivity contribution in [3.05, 3.63) is 35.4 Å². The molecule has 4 N–H and O–H groups in total. The molecule has 0 aromatic heterocycles. The molecule has 5 atom stereocenters. The smallest absolute Gasteiger partial charge is 0.240 e. The number of hydrogen-bond donors (Lipinski definition) is 3. The van der Waals surface area contributed by atoms with Crippen LogP contribution in [0, 0.1) is 5.41 Å². The van der Waals surface area contributed by atoms with Gasteiger partial charge in [-0.25, -0.2) is 0 Å². The Hall–Kier alpha value is -1.41. The first-order valence-corrected chi connectivity index (χ1v) is 11.4. The fourth-order valence-electron chi connectivity index (χ4n) is 3.87. The summed E-state index contributed by atoms with van der Waals surface area (Å²) in [7, 11) is 0. The van der Waals surface area contributed by atoms with E-state index in [0.29, 0.717) is 24.4 Å². The molecule has 3 rings (SSSR count). The Kier molecular flexibility index (Phi) is 7.04. The van der Waals surface area contributed by atoms with Crippen LogP contribution in [0.3, 0.4) is 0 Å². The van der Waals surface area contributed by atoms with E-state index in [-0.39, 0.29) is 17.4 Å². The maximum atomic E-state index is 12.8. The van der Waals surface area contributed by atoms with Crippen LogP contribution >= 0.6 is 11.8 Å². The van der Waals surface area contributed by atoms with Crippen LogP contribution in [-0.2, 0) is 11.3 Å². The summed E-state index contributed by atoms with van der Waals surface area (Å²) >= 11 is 1.76. The molecule has 160 valence electrons. The molecule has 1 fully saturated rings. The summed E-state index contributed by atoms with van der Waals surface area (Å²) in [5, 5.41) is 14.3. The molecule has 29 heavy (non-hydrogen) atoms. The van der Waals surface area contributed by atoms with Gasteiger partial charge in [-0.2, -0.15) is 0 Å². The number of likely N-dealkylation sites (tertiary alicyclic amines) is 1. The predicted molar refractivity (Wildman–Crippen MR) is 120 cm³/mol. The minimum atomic E-state index is -0.771. The Morgan fingerprint density at radius 3 is 2.66 bits per heavy atom. The van der Waals surface area contributed by atoms with Crippen LogP contribution in [0.1, 0.15) is 56.9 Å². The van der Waals surface area contributed by atoms with Crippen LogP contribution in [-0.4, -0.2) is 52.4 Å². The molecular weight excluding hydrogens is 384 g/mol. The van der Waals surface area contributed by atoms with Crippen molar-refractivity contribution in [1.29, 1.82) is 0 Å². The van der Waals surface area contributed by atoms with E-state index in [0.717, 1.165) is 18.4 Å². The lowest BCUT2D eigenvalue weighted by Gasteiger charge is -2.35. The van der Waals surface area contributed by atoms with Gasteiger partial charge >= 0.3 is 0 Å². The molecule has 1 aromatic carbocycles. The van der Waals surface area contributed by atoms with Crippen LogP contribution < -0.4 is 11.1 Å². The average Bonchev–Trinajstić information content (AvgIpc) is 3.33. The second-order valence-corrected chi connectivity index (χ2v) is 10.2. The van der Waals surface area contributed by atoms with Crippen molar-refractivity contribution in [3.8, 4) is 0 Å². The Labute approximate surface area is 178 Å². The summed E-state index contributed by atoms with van der Waals surface area (Å²) in [5.41, 5.74) is 10.2. The van der Waals surface area contributed by atoms with Crippen LogP contribution in [0.25, 0.3) is 0 Å². The molecule has 1 amide bonds. The first-order chi connectivity index (χ1) is 13.7. The lowest BCUT2D eigenvalue weighted by Crippen LogP contribution is -2.56. The zero-order chi connectivity index (χ0) is 21.2. The van der Waals surface area contributed by atoms with Gasteiger partial charge in [0.1, 0.15) is 6.23 Å². The third-order valence-electron chi connectivity index (χ3n) is 5.91. The second-order valence-electron chi connectivity index (χ2n) is 9.20. The Morgan fingerprint density at radius 2 is 2.07 bits per heavy atom. The highest BCUT2D eigenvalue weighted by Crippen LogP contribution is 2.36. The number of nitrogens with zero attached hydrogens (tertiary/aromatic N) is 2. The molecule has 0 bridgehead atoms. The van der Waals surface area contributed by atoms with Gasteiger partial charge in [0.25, 0.3) is 0 Å². The third-order valence-corrected chi connectivity index (χ3v) is 7.11. The van der Waals surface area contributed by atoms with Gasteiger partial charge in [-0.15, -0.1) is 11.8 Å². The number of benzene rings is 1. The highest BCUT2D eigenvalue weighted by atomic mass is 32.2. The molecule has 7 heteroatoms. The van der Waals surface area contributed by atoms with Gasteiger partial charge in [-0.3, -0.25) is 15.1 Å². The molecule has 0 aliphatic carbocycles. The van der Waals surface area contributed by atoms with Crippen molar-refractivity contribution in [3.63, 3.8) is 0 Å². The van der Waals surface area contributed by atoms with Crippen molar-refractivity contribution < 1.29 is 9.90 Å². The van der Waals surface area contributed by atoms with E-state index in [9.17, 15) is 9.90 Å². The standard InChI is InChI=1S/C22H34N4O2S/c1-14-18(29-13-25-14)16-9-7-15(8-10-16)12-24-20(27)17-6-5-11-26(17)21(28)19(23)22(2,3)4/h7-10,13-14,17-20,24,27H,5-6,11-12,23H2,1-4H3/t14?,17-,18?,19+,20?/m0/s1. The quantitative estimate of drug-likeness (QED) is 0.618. The second kappa shape index (κ2) is 9.16. The lowest BCUT2D eigenvalue weighted by atomic mass is 9.86. The number of carbonyl (C=O) groups excluding carboxylic acids is 1. The number of nitrogens with two attached hydrogens (primary N) is 1. The lowest BCUT2D eigenvalue weighted by molar-refractivity contribution is -0.138. The number of carbonyl (C=O) groups is 1. The first-order valence-electron chi connectivity index (χ1n) is 10.4. The van der Waals surface area contributed by atoms with E-state index < -0.39 is 12.3 Å². The molecule has 2 aliphatic heterocycles. The van der Waals surface area contributed by atoms with E-state index in [1.54, 1.807) is 16.7 Å². The molecule has 0 saturated carbocycles. The van der Waals surface area contributed by atoms with E-state index in [4.69, 9.17) is 5.73 Å². The fraction of sp³-hybridized carbons (Fsp3) is 0.636. The number of aliphatic hydroxyl groups excluding tert-OH is 1. The Bertz CT molecular complexity index is 731. The summed E-state index contributed by atoms with van der Waals surface area (Å²) < 4.78 is 0. The van der Waals surface area contributed by atoms with Crippen molar-refractivity contribution in [1.82, 2.24) is 10.2 Å². The number of rotatable bonds is 6. The van der Waals surface area contributed by atoms with Gasteiger partial charge in [-0.1, -0.05) is 45.0 Å². The van der Waals surface area contributed by atoms with Crippen LogP contribution in [0.15, 0.2) is 29.3 Å². The van der Waals surface area contributed by atoms with Gasteiger partial charge in [0, 0.05) is 13.1 Å². The van der Waals surface area contributed by atoms with Gasteiger partial charge in [-0.05, 0) is 36.3 Å². The summed E-state index contributed by atoms with van der Waals surface area (Å²) in [6.07, 6.45) is 0.902. The first kappa shape index (κ1) is 22.3. The zero-order valence-electron chi connectivity index (χ0n) is 17.8. The molecular formula is C22H34N4O2S.